The fraction of sp³-hybridized carbons (Fsp3) is 0.833. The summed E-state index contributed by atoms with van der Waals surface area (Å²) in [6.07, 6.45) is 4.56. The van der Waals surface area contributed by atoms with Gasteiger partial charge >= 0.3 is 12.0 Å². The Morgan fingerprint density at radius 2 is 2.00 bits per heavy atom. The molecule has 0 spiro atoms. The Labute approximate surface area is 102 Å². The number of unbranched alkanes of at least 4 members (excludes halogenated alkanes) is 2. The van der Waals surface area contributed by atoms with Crippen molar-refractivity contribution in [3.63, 3.8) is 0 Å². The van der Waals surface area contributed by atoms with Crippen LogP contribution in [0.25, 0.3) is 0 Å². The predicted molar refractivity (Wildman–Crippen MR) is 64.9 cm³/mol. The van der Waals surface area contributed by atoms with Crippen LogP contribution in [0.4, 0.5) is 4.79 Å². The van der Waals surface area contributed by atoms with Gasteiger partial charge in [0.05, 0.1) is 5.41 Å². The third-order valence-electron chi connectivity index (χ3n) is 3.33. The Morgan fingerprint density at radius 3 is 2.47 bits per heavy atom. The number of carbonyl (C=O) groups excluding carboxylic acids is 1. The maximum absolute atomic E-state index is 11.7. The van der Waals surface area contributed by atoms with Crippen LogP contribution < -0.4 is 5.32 Å². The topological polar surface area (TPSA) is 69.6 Å². The summed E-state index contributed by atoms with van der Waals surface area (Å²) in [6, 6.07) is -0.173. The molecule has 2 amide bonds. The van der Waals surface area contributed by atoms with E-state index in [1.54, 1.807) is 11.9 Å². The van der Waals surface area contributed by atoms with Crippen molar-refractivity contribution in [1.29, 1.82) is 0 Å². The van der Waals surface area contributed by atoms with Gasteiger partial charge in [0, 0.05) is 20.1 Å². The number of carboxylic acids is 1. The van der Waals surface area contributed by atoms with E-state index in [-0.39, 0.29) is 12.6 Å². The number of urea groups is 1. The van der Waals surface area contributed by atoms with E-state index in [2.05, 4.69) is 12.2 Å². The first-order valence-electron chi connectivity index (χ1n) is 6.24. The largest absolute Gasteiger partial charge is 0.481 e. The average Bonchev–Trinajstić information content (AvgIpc) is 3.07. The van der Waals surface area contributed by atoms with Gasteiger partial charge < -0.3 is 15.3 Å². The van der Waals surface area contributed by atoms with Crippen molar-refractivity contribution in [1.82, 2.24) is 10.2 Å². The maximum Gasteiger partial charge on any atom is 0.317 e. The summed E-state index contributed by atoms with van der Waals surface area (Å²) in [5, 5.41) is 11.7. The van der Waals surface area contributed by atoms with E-state index < -0.39 is 11.4 Å². The molecule has 5 heteroatoms. The Morgan fingerprint density at radius 1 is 1.35 bits per heavy atom. The van der Waals surface area contributed by atoms with Crippen molar-refractivity contribution in [3.8, 4) is 0 Å². The van der Waals surface area contributed by atoms with Crippen molar-refractivity contribution in [2.75, 3.05) is 20.1 Å². The molecule has 0 heterocycles. The molecule has 1 rings (SSSR count). The summed E-state index contributed by atoms with van der Waals surface area (Å²) in [5.41, 5.74) is -0.681. The van der Waals surface area contributed by atoms with Crippen LogP contribution in [-0.2, 0) is 4.79 Å². The second-order valence-corrected chi connectivity index (χ2v) is 4.87. The van der Waals surface area contributed by atoms with Crippen molar-refractivity contribution in [2.24, 2.45) is 5.41 Å². The first kappa shape index (κ1) is 13.8. The zero-order valence-corrected chi connectivity index (χ0v) is 10.7. The Hall–Kier alpha value is -1.26. The molecule has 0 bridgehead atoms. The number of hydrogen-bond acceptors (Lipinski definition) is 2. The lowest BCUT2D eigenvalue weighted by atomic mass is 10.1. The fourth-order valence-corrected chi connectivity index (χ4v) is 1.70. The van der Waals surface area contributed by atoms with Gasteiger partial charge in [-0.15, -0.1) is 0 Å². The molecular formula is C12H22N2O3. The molecule has 0 aliphatic heterocycles. The van der Waals surface area contributed by atoms with Gasteiger partial charge in [0.15, 0.2) is 0 Å². The molecule has 1 aliphatic rings. The fourth-order valence-electron chi connectivity index (χ4n) is 1.70. The number of nitrogens with zero attached hydrogens (tertiary/aromatic N) is 1. The summed E-state index contributed by atoms with van der Waals surface area (Å²) in [5.74, 6) is -0.800. The number of hydrogen-bond donors (Lipinski definition) is 2. The van der Waals surface area contributed by atoms with Crippen molar-refractivity contribution >= 4 is 12.0 Å². The van der Waals surface area contributed by atoms with Crippen molar-refractivity contribution in [3.05, 3.63) is 0 Å². The molecule has 0 saturated heterocycles. The minimum Gasteiger partial charge on any atom is -0.481 e. The summed E-state index contributed by atoms with van der Waals surface area (Å²) >= 11 is 0. The highest BCUT2D eigenvalue weighted by Crippen LogP contribution is 2.45. The van der Waals surface area contributed by atoms with Crippen LogP contribution in [0.5, 0.6) is 0 Å². The van der Waals surface area contributed by atoms with E-state index in [9.17, 15) is 9.59 Å². The van der Waals surface area contributed by atoms with Gasteiger partial charge in [0.1, 0.15) is 0 Å². The number of carbonyl (C=O) groups is 2. The predicted octanol–water partition coefficient (Wildman–Crippen LogP) is 1.68. The molecule has 0 aromatic heterocycles. The molecule has 17 heavy (non-hydrogen) atoms. The Bertz CT molecular complexity index is 287. The van der Waals surface area contributed by atoms with E-state index in [4.69, 9.17) is 5.11 Å². The van der Waals surface area contributed by atoms with Crippen LogP contribution in [0.15, 0.2) is 0 Å². The summed E-state index contributed by atoms with van der Waals surface area (Å²) in [4.78, 5) is 24.2. The third-order valence-corrected chi connectivity index (χ3v) is 3.33. The van der Waals surface area contributed by atoms with Gasteiger partial charge in [-0.2, -0.15) is 0 Å². The molecule has 0 unspecified atom stereocenters. The zero-order valence-electron chi connectivity index (χ0n) is 10.7. The first-order chi connectivity index (χ1) is 8.02. The average molecular weight is 242 g/mol. The summed E-state index contributed by atoms with van der Waals surface area (Å²) < 4.78 is 0. The van der Waals surface area contributed by atoms with Gasteiger partial charge in [0.25, 0.3) is 0 Å². The monoisotopic (exact) mass is 242 g/mol. The second kappa shape index (κ2) is 5.89. The summed E-state index contributed by atoms with van der Waals surface area (Å²) in [6.45, 7) is 3.09. The molecule has 0 atom stereocenters. The highest BCUT2D eigenvalue weighted by molar-refractivity contribution is 5.80. The first-order valence-corrected chi connectivity index (χ1v) is 6.24. The minimum absolute atomic E-state index is 0.173. The normalized spacial score (nSPS) is 16.4. The molecule has 98 valence electrons. The smallest absolute Gasteiger partial charge is 0.317 e. The number of carboxylic acid groups (broad SMARTS) is 1. The molecular weight excluding hydrogens is 220 g/mol. The number of amides is 2. The lowest BCUT2D eigenvalue weighted by Gasteiger charge is -2.19. The third kappa shape index (κ3) is 3.91. The van der Waals surface area contributed by atoms with E-state index in [0.717, 1.165) is 25.8 Å². The number of nitrogens with one attached hydrogen (secondary N) is 1. The lowest BCUT2D eigenvalue weighted by Crippen LogP contribution is -2.42. The SMILES string of the molecule is CCCCCN(C)C(=O)NCC1(C(=O)O)CC1. The van der Waals surface area contributed by atoms with Gasteiger partial charge in [-0.25, -0.2) is 4.79 Å². The van der Waals surface area contributed by atoms with E-state index >= 15 is 0 Å². The molecule has 5 nitrogen and oxygen atoms in total. The maximum atomic E-state index is 11.7. The molecule has 1 fully saturated rings. The molecule has 2 N–H and O–H groups in total. The van der Waals surface area contributed by atoms with Crippen LogP contribution in [0.2, 0.25) is 0 Å². The number of aliphatic carboxylic acids is 1. The standard InChI is InChI=1S/C12H22N2O3/c1-3-4-5-8-14(2)11(17)13-9-12(6-7-12)10(15)16/h3-9H2,1-2H3,(H,13,17)(H,15,16). The number of rotatable bonds is 7. The lowest BCUT2D eigenvalue weighted by molar-refractivity contribution is -0.143. The quantitative estimate of drug-likeness (QED) is 0.667. The van der Waals surface area contributed by atoms with Gasteiger partial charge in [-0.3, -0.25) is 4.79 Å². The highest BCUT2D eigenvalue weighted by atomic mass is 16.4. The van der Waals surface area contributed by atoms with Gasteiger partial charge in [-0.05, 0) is 19.3 Å². The van der Waals surface area contributed by atoms with Crippen LogP contribution in [0.3, 0.4) is 0 Å². The Kier molecular flexibility index (Phi) is 4.78. The van der Waals surface area contributed by atoms with Crippen LogP contribution in [-0.4, -0.2) is 42.1 Å². The van der Waals surface area contributed by atoms with Crippen molar-refractivity contribution < 1.29 is 14.7 Å². The van der Waals surface area contributed by atoms with E-state index in [0.29, 0.717) is 12.8 Å². The van der Waals surface area contributed by atoms with Gasteiger partial charge in [-0.1, -0.05) is 19.8 Å². The molecule has 1 saturated carbocycles. The molecule has 0 radical (unpaired) electrons. The second-order valence-electron chi connectivity index (χ2n) is 4.87. The van der Waals surface area contributed by atoms with Crippen LogP contribution in [0, 0.1) is 5.41 Å². The van der Waals surface area contributed by atoms with Gasteiger partial charge in [0.2, 0.25) is 0 Å². The zero-order chi connectivity index (χ0) is 12.9. The highest BCUT2D eigenvalue weighted by Gasteiger charge is 2.50. The van der Waals surface area contributed by atoms with Crippen LogP contribution >= 0.6 is 0 Å². The molecule has 0 aromatic rings. The Balaban J connectivity index is 2.22. The minimum atomic E-state index is -0.800. The molecule has 1 aliphatic carbocycles. The van der Waals surface area contributed by atoms with Crippen molar-refractivity contribution in [2.45, 2.75) is 39.0 Å². The van der Waals surface area contributed by atoms with E-state index in [1.165, 1.54) is 0 Å². The van der Waals surface area contributed by atoms with E-state index in [1.807, 2.05) is 0 Å². The van der Waals surface area contributed by atoms with Crippen LogP contribution in [0.1, 0.15) is 39.0 Å². The molecule has 0 aromatic carbocycles. The summed E-state index contributed by atoms with van der Waals surface area (Å²) in [7, 11) is 1.74.